The average molecular weight is 594 g/mol. The van der Waals surface area contributed by atoms with Gasteiger partial charge in [-0.25, -0.2) is 18.7 Å². The van der Waals surface area contributed by atoms with Gasteiger partial charge in [0.05, 0.1) is 23.7 Å². The number of ether oxygens (including phenoxy) is 1. The molecule has 1 saturated heterocycles. The zero-order valence-electron chi connectivity index (χ0n) is 25.5. The third-order valence-corrected chi connectivity index (χ3v) is 8.94. The number of nitrogen functional groups attached to an aromatic ring is 1. The molecule has 0 radical (unpaired) electrons. The van der Waals surface area contributed by atoms with Crippen LogP contribution in [0.5, 0.6) is 0 Å². The number of halogens is 2. The summed E-state index contributed by atoms with van der Waals surface area (Å²) in [6.07, 6.45) is 8.38. The van der Waals surface area contributed by atoms with Gasteiger partial charge >= 0.3 is 0 Å². The summed E-state index contributed by atoms with van der Waals surface area (Å²) in [6.45, 7) is 14.3. The molecule has 0 aliphatic carbocycles. The molecular formula is C33H41F2N5OS. The first kappa shape index (κ1) is 31.6. The van der Waals surface area contributed by atoms with Gasteiger partial charge in [-0.05, 0) is 55.7 Å². The summed E-state index contributed by atoms with van der Waals surface area (Å²) in [5.74, 6) is 0.382. The molecule has 2 aromatic heterocycles. The summed E-state index contributed by atoms with van der Waals surface area (Å²) in [7, 11) is 0. The fraction of sp³-hybridized carbons (Fsp3) is 0.485. The Kier molecular flexibility index (Phi) is 10.3. The molecular weight excluding hydrogens is 552 g/mol. The maximum absolute atomic E-state index is 16.7. The van der Waals surface area contributed by atoms with Crippen LogP contribution in [0.25, 0.3) is 22.3 Å². The first-order valence-electron chi connectivity index (χ1n) is 14.9. The molecule has 42 heavy (non-hydrogen) atoms. The summed E-state index contributed by atoms with van der Waals surface area (Å²) in [4.78, 5) is 11.5. The number of aromatic nitrogens is 2. The molecule has 5 rings (SSSR count). The molecule has 0 unspecified atom stereocenters. The Hall–Kier alpha value is -3.35. The highest BCUT2D eigenvalue weighted by atomic mass is 32.1. The van der Waals surface area contributed by atoms with Crippen molar-refractivity contribution in [3.05, 3.63) is 56.4 Å². The molecule has 1 aromatic carbocycles. The molecule has 224 valence electrons. The Bertz CT molecular complexity index is 1560. The Morgan fingerprint density at radius 1 is 1.21 bits per heavy atom. The van der Waals surface area contributed by atoms with E-state index < -0.39 is 11.6 Å². The molecule has 2 N–H and O–H groups in total. The summed E-state index contributed by atoms with van der Waals surface area (Å²) in [5, 5.41) is 10.8. The number of nitrogens with zero attached hydrogens (tertiary/aromatic N) is 4. The first-order chi connectivity index (χ1) is 20.2. The molecule has 0 saturated carbocycles. The zero-order chi connectivity index (χ0) is 30.6. The summed E-state index contributed by atoms with van der Waals surface area (Å²) in [5.41, 5.74) is 9.97. The highest BCUT2D eigenvalue weighted by Crippen LogP contribution is 2.47. The van der Waals surface area contributed by atoms with Crippen LogP contribution in [0.15, 0.2) is 17.8 Å². The molecule has 4 heterocycles. The van der Waals surface area contributed by atoms with Crippen molar-refractivity contribution >= 4 is 44.6 Å². The number of fused-ring (bicyclic) bond motifs is 3. The number of thiophene rings is 1. The first-order valence-corrected chi connectivity index (χ1v) is 15.7. The lowest BCUT2D eigenvalue weighted by Crippen LogP contribution is -2.20. The van der Waals surface area contributed by atoms with Gasteiger partial charge in [0, 0.05) is 35.8 Å². The second-order valence-corrected chi connectivity index (χ2v) is 12.3. The van der Waals surface area contributed by atoms with Gasteiger partial charge in [-0.15, -0.1) is 11.3 Å². The van der Waals surface area contributed by atoms with Crippen LogP contribution in [0.1, 0.15) is 106 Å². The molecule has 0 bridgehead atoms. The summed E-state index contributed by atoms with van der Waals surface area (Å²) < 4.78 is 37.5. The summed E-state index contributed by atoms with van der Waals surface area (Å²) >= 11 is 1.00. The van der Waals surface area contributed by atoms with Crippen LogP contribution in [0, 0.1) is 23.1 Å². The van der Waals surface area contributed by atoms with Crippen LogP contribution in [0.2, 0.25) is 0 Å². The van der Waals surface area contributed by atoms with Crippen LogP contribution in [0.3, 0.4) is 0 Å². The molecule has 9 heteroatoms. The predicted molar refractivity (Wildman–Crippen MR) is 169 cm³/mol. The van der Waals surface area contributed by atoms with Crippen molar-refractivity contribution in [2.75, 3.05) is 23.7 Å². The zero-order valence-corrected chi connectivity index (χ0v) is 26.4. The van der Waals surface area contributed by atoms with Gasteiger partial charge in [0.2, 0.25) is 5.95 Å². The van der Waals surface area contributed by atoms with Crippen molar-refractivity contribution in [3.63, 3.8) is 0 Å². The Morgan fingerprint density at radius 2 is 1.90 bits per heavy atom. The van der Waals surface area contributed by atoms with E-state index >= 15 is 8.78 Å². The average Bonchev–Trinajstić information content (AvgIpc) is 3.75. The van der Waals surface area contributed by atoms with Gasteiger partial charge in [-0.3, -0.25) is 0 Å². The lowest BCUT2D eigenvalue weighted by Gasteiger charge is -2.20. The molecule has 0 atom stereocenters. The monoisotopic (exact) mass is 593 g/mol. The van der Waals surface area contributed by atoms with Crippen LogP contribution in [-0.4, -0.2) is 23.1 Å². The van der Waals surface area contributed by atoms with Gasteiger partial charge in [-0.1, -0.05) is 52.2 Å². The lowest BCUT2D eigenvalue weighted by atomic mass is 9.85. The van der Waals surface area contributed by atoms with E-state index in [0.29, 0.717) is 46.6 Å². The molecule has 0 amide bonds. The summed E-state index contributed by atoms with van der Waals surface area (Å²) in [6, 6.07) is 2.13. The fourth-order valence-electron chi connectivity index (χ4n) is 5.64. The maximum atomic E-state index is 16.7. The van der Waals surface area contributed by atoms with Crippen molar-refractivity contribution in [1.82, 2.24) is 9.97 Å². The number of hydrogen-bond donors (Lipinski definition) is 1. The van der Waals surface area contributed by atoms with Gasteiger partial charge in [0.15, 0.2) is 5.82 Å². The van der Waals surface area contributed by atoms with E-state index in [1.165, 1.54) is 18.9 Å². The van der Waals surface area contributed by atoms with Crippen LogP contribution < -0.4 is 10.6 Å². The second-order valence-electron chi connectivity index (χ2n) is 11.3. The van der Waals surface area contributed by atoms with Gasteiger partial charge < -0.3 is 15.4 Å². The minimum absolute atomic E-state index is 0.155. The SMILES string of the molecule is C/C=C(/F)c1sc(N)c(C#N)c1/C(=C(\C)CC)c1c2c(c3cnc(N4CCCC4)nc3c1F)COC2.CCCC(C)C. The Balaban J connectivity index is 0.000000612. The number of nitriles is 1. The lowest BCUT2D eigenvalue weighted by molar-refractivity contribution is 0.134. The number of hydrogen-bond acceptors (Lipinski definition) is 7. The largest absolute Gasteiger partial charge is 0.389 e. The van der Waals surface area contributed by atoms with Crippen molar-refractivity contribution in [2.24, 2.45) is 5.92 Å². The van der Waals surface area contributed by atoms with E-state index in [9.17, 15) is 5.26 Å². The van der Waals surface area contributed by atoms with Gasteiger partial charge in [-0.2, -0.15) is 5.26 Å². The standard InChI is InChI=1S/C27H27F2N5OS.C6H14/c1-4-14(3)20(22-15(10-30)26(31)36-25(22)19(28)5-2)21-18-13-35-12-17(18)16-11-32-27(33-24(16)23(21)29)34-8-6-7-9-34;1-4-5-6(2)3/h5,11H,4,6-9,12-13,31H2,1-3H3;6H,4-5H2,1-3H3/b19-5+,20-14+;. The maximum Gasteiger partial charge on any atom is 0.225 e. The van der Waals surface area contributed by atoms with E-state index in [-0.39, 0.29) is 27.6 Å². The molecule has 1 fully saturated rings. The smallest absolute Gasteiger partial charge is 0.225 e. The Labute approximate surface area is 251 Å². The van der Waals surface area contributed by atoms with Gasteiger partial charge in [0.25, 0.3) is 0 Å². The molecule has 6 nitrogen and oxygen atoms in total. The number of anilines is 2. The van der Waals surface area contributed by atoms with Crippen LogP contribution in [-0.2, 0) is 18.0 Å². The van der Waals surface area contributed by atoms with E-state index in [2.05, 4.69) is 41.7 Å². The highest BCUT2D eigenvalue weighted by molar-refractivity contribution is 7.17. The van der Waals surface area contributed by atoms with E-state index in [4.69, 9.17) is 10.5 Å². The number of nitrogens with two attached hydrogens (primary N) is 1. The highest BCUT2D eigenvalue weighted by Gasteiger charge is 2.32. The fourth-order valence-corrected chi connectivity index (χ4v) is 6.63. The number of benzene rings is 1. The molecule has 0 spiro atoms. The van der Waals surface area contributed by atoms with Gasteiger partial charge in [0.1, 0.15) is 22.4 Å². The normalized spacial score (nSPS) is 15.5. The van der Waals surface area contributed by atoms with Crippen molar-refractivity contribution < 1.29 is 13.5 Å². The van der Waals surface area contributed by atoms with Crippen LogP contribution >= 0.6 is 11.3 Å². The third kappa shape index (κ3) is 6.06. The van der Waals surface area contributed by atoms with E-state index in [1.807, 2.05) is 13.8 Å². The second kappa shape index (κ2) is 13.7. The van der Waals surface area contributed by atoms with Crippen molar-refractivity contribution in [3.8, 4) is 6.07 Å². The van der Waals surface area contributed by atoms with E-state index in [1.54, 1.807) is 13.1 Å². The van der Waals surface area contributed by atoms with E-state index in [0.717, 1.165) is 54.3 Å². The number of rotatable bonds is 7. The quantitative estimate of drug-likeness (QED) is 0.294. The van der Waals surface area contributed by atoms with Crippen molar-refractivity contribution in [2.45, 2.75) is 86.9 Å². The predicted octanol–water partition coefficient (Wildman–Crippen LogP) is 8.92. The topological polar surface area (TPSA) is 88.1 Å². The number of allylic oxidation sites excluding steroid dienone is 2. The molecule has 2 aliphatic rings. The molecule has 2 aliphatic heterocycles. The third-order valence-electron chi connectivity index (χ3n) is 7.92. The van der Waals surface area contributed by atoms with Crippen LogP contribution in [0.4, 0.5) is 19.7 Å². The Morgan fingerprint density at radius 3 is 2.48 bits per heavy atom. The minimum Gasteiger partial charge on any atom is -0.389 e. The minimum atomic E-state index is -0.514. The van der Waals surface area contributed by atoms with Crippen molar-refractivity contribution in [1.29, 1.82) is 5.26 Å². The molecule has 3 aromatic rings.